The van der Waals surface area contributed by atoms with Crippen molar-refractivity contribution in [2.24, 2.45) is 11.8 Å². The Kier molecular flexibility index (Phi) is 6.25. The number of carbonyl (C=O) groups excluding carboxylic acids is 1. The maximum atomic E-state index is 11.6. The molecule has 0 radical (unpaired) electrons. The lowest BCUT2D eigenvalue weighted by molar-refractivity contribution is -0.151. The van der Waals surface area contributed by atoms with Gasteiger partial charge < -0.3 is 20.3 Å². The van der Waals surface area contributed by atoms with Crippen molar-refractivity contribution in [3.63, 3.8) is 0 Å². The lowest BCUT2D eigenvalue weighted by atomic mass is 9.84. The molecule has 2 fully saturated rings. The SMILES string of the molecule is COC(=O)C1CN(CC2CCC(Nc3nc(Nc4cc(C)ns4)nc4ccsc34)CC2)C1. The summed E-state index contributed by atoms with van der Waals surface area (Å²) in [7, 11) is 1.47. The third-order valence-electron chi connectivity index (χ3n) is 6.36. The Hall–Kier alpha value is -2.30. The summed E-state index contributed by atoms with van der Waals surface area (Å²) in [5, 5.41) is 10.0. The van der Waals surface area contributed by atoms with Gasteiger partial charge in [-0.25, -0.2) is 4.98 Å². The highest BCUT2D eigenvalue weighted by Gasteiger charge is 2.35. The van der Waals surface area contributed by atoms with Gasteiger partial charge in [-0.2, -0.15) is 9.36 Å². The van der Waals surface area contributed by atoms with E-state index in [2.05, 4.69) is 30.3 Å². The zero-order chi connectivity index (χ0) is 22.1. The molecule has 5 rings (SSSR count). The number of rotatable bonds is 7. The van der Waals surface area contributed by atoms with Gasteiger partial charge in [-0.3, -0.25) is 4.79 Å². The van der Waals surface area contributed by atoms with Gasteiger partial charge in [0.15, 0.2) is 0 Å². The van der Waals surface area contributed by atoms with E-state index in [1.54, 1.807) is 11.3 Å². The molecule has 3 aromatic heterocycles. The van der Waals surface area contributed by atoms with Crippen molar-refractivity contribution >= 4 is 55.8 Å². The molecule has 2 N–H and O–H groups in total. The number of fused-ring (bicyclic) bond motifs is 1. The Morgan fingerprint density at radius 2 is 2.06 bits per heavy atom. The van der Waals surface area contributed by atoms with Crippen LogP contribution in [-0.2, 0) is 9.53 Å². The number of carbonyl (C=O) groups is 1. The molecule has 0 atom stereocenters. The first-order chi connectivity index (χ1) is 15.6. The van der Waals surface area contributed by atoms with Crippen LogP contribution in [0.1, 0.15) is 31.4 Å². The topological polar surface area (TPSA) is 92.3 Å². The first kappa shape index (κ1) is 21.5. The summed E-state index contributed by atoms with van der Waals surface area (Å²) in [6, 6.07) is 4.47. The van der Waals surface area contributed by atoms with Crippen LogP contribution in [0, 0.1) is 18.8 Å². The summed E-state index contributed by atoms with van der Waals surface area (Å²) < 4.78 is 10.3. The van der Waals surface area contributed by atoms with E-state index in [-0.39, 0.29) is 11.9 Å². The zero-order valence-corrected chi connectivity index (χ0v) is 20.0. The molecule has 3 aromatic rings. The van der Waals surface area contributed by atoms with Crippen molar-refractivity contribution in [3.8, 4) is 0 Å². The fourth-order valence-electron chi connectivity index (χ4n) is 4.63. The molecule has 1 saturated carbocycles. The number of anilines is 3. The third-order valence-corrected chi connectivity index (χ3v) is 8.07. The fourth-order valence-corrected chi connectivity index (χ4v) is 6.07. The molecule has 0 amide bonds. The molecular formula is C22H28N6O2S2. The first-order valence-corrected chi connectivity index (χ1v) is 12.7. The average Bonchev–Trinajstić information content (AvgIpc) is 3.40. The molecule has 1 aliphatic carbocycles. The Bertz CT molecular complexity index is 1090. The lowest BCUT2D eigenvalue weighted by Crippen LogP contribution is -2.52. The summed E-state index contributed by atoms with van der Waals surface area (Å²) in [4.78, 5) is 23.4. The predicted molar refractivity (Wildman–Crippen MR) is 129 cm³/mol. The normalized spacial score (nSPS) is 21.9. The minimum absolute atomic E-state index is 0.0700. The van der Waals surface area contributed by atoms with Gasteiger partial charge in [-0.1, -0.05) is 0 Å². The highest BCUT2D eigenvalue weighted by atomic mass is 32.1. The zero-order valence-electron chi connectivity index (χ0n) is 18.3. The van der Waals surface area contributed by atoms with Crippen LogP contribution in [0.3, 0.4) is 0 Å². The van der Waals surface area contributed by atoms with Crippen LogP contribution in [0.15, 0.2) is 17.5 Å². The number of esters is 1. The molecule has 32 heavy (non-hydrogen) atoms. The summed E-state index contributed by atoms with van der Waals surface area (Å²) in [5.41, 5.74) is 1.95. The summed E-state index contributed by atoms with van der Waals surface area (Å²) in [5.74, 6) is 2.22. The average molecular weight is 473 g/mol. The lowest BCUT2D eigenvalue weighted by Gasteiger charge is -2.41. The van der Waals surface area contributed by atoms with Gasteiger partial charge in [0, 0.05) is 25.7 Å². The molecule has 2 aliphatic rings. The smallest absolute Gasteiger partial charge is 0.311 e. The second kappa shape index (κ2) is 9.29. The molecule has 170 valence electrons. The molecule has 4 heterocycles. The maximum absolute atomic E-state index is 11.6. The molecule has 1 saturated heterocycles. The highest BCUT2D eigenvalue weighted by molar-refractivity contribution is 7.17. The molecular weight excluding hydrogens is 444 g/mol. The van der Waals surface area contributed by atoms with Gasteiger partial charge in [0.05, 0.1) is 28.9 Å². The van der Waals surface area contributed by atoms with Gasteiger partial charge in [-0.05, 0) is 67.6 Å². The number of nitrogens with zero attached hydrogens (tertiary/aromatic N) is 4. The molecule has 0 bridgehead atoms. The largest absolute Gasteiger partial charge is 0.469 e. The molecule has 0 aromatic carbocycles. The number of methoxy groups -OCH3 is 1. The minimum atomic E-state index is -0.0711. The third kappa shape index (κ3) is 4.72. The van der Waals surface area contributed by atoms with Crippen molar-refractivity contribution in [3.05, 3.63) is 23.2 Å². The van der Waals surface area contributed by atoms with Crippen LogP contribution < -0.4 is 10.6 Å². The van der Waals surface area contributed by atoms with E-state index in [0.717, 1.165) is 59.2 Å². The summed E-state index contributed by atoms with van der Waals surface area (Å²) in [6.45, 7) is 4.76. The predicted octanol–water partition coefficient (Wildman–Crippen LogP) is 4.28. The Labute approximate surface area is 195 Å². The standard InChI is InChI=1S/C22H28N6O2S2/c1-13-9-18(32-27-13)25-22-24-17-7-8-31-19(17)20(26-22)23-16-5-3-14(4-6-16)10-28-11-15(12-28)21(29)30-2/h7-9,14-16H,3-6,10-12H2,1-2H3,(H2,23,24,25,26). The Morgan fingerprint density at radius 3 is 2.78 bits per heavy atom. The van der Waals surface area contributed by atoms with E-state index < -0.39 is 0 Å². The van der Waals surface area contributed by atoms with E-state index in [4.69, 9.17) is 9.72 Å². The van der Waals surface area contributed by atoms with E-state index in [1.165, 1.54) is 31.5 Å². The number of hydrogen-bond donors (Lipinski definition) is 2. The van der Waals surface area contributed by atoms with E-state index in [0.29, 0.717) is 17.9 Å². The molecule has 8 nitrogen and oxygen atoms in total. The minimum Gasteiger partial charge on any atom is -0.469 e. The van der Waals surface area contributed by atoms with Crippen LogP contribution in [0.2, 0.25) is 0 Å². The second-order valence-electron chi connectivity index (χ2n) is 8.79. The van der Waals surface area contributed by atoms with Crippen LogP contribution in [0.25, 0.3) is 10.2 Å². The van der Waals surface area contributed by atoms with Gasteiger partial charge in [0.2, 0.25) is 5.95 Å². The number of likely N-dealkylation sites (tertiary alicyclic amines) is 1. The van der Waals surface area contributed by atoms with Gasteiger partial charge in [0.1, 0.15) is 10.8 Å². The Morgan fingerprint density at radius 1 is 1.25 bits per heavy atom. The van der Waals surface area contributed by atoms with Gasteiger partial charge >= 0.3 is 5.97 Å². The summed E-state index contributed by atoms with van der Waals surface area (Å²) in [6.07, 6.45) is 4.65. The Balaban J connectivity index is 1.17. The monoisotopic (exact) mass is 472 g/mol. The number of hydrogen-bond acceptors (Lipinski definition) is 10. The number of aromatic nitrogens is 3. The molecule has 10 heteroatoms. The number of ether oxygens (including phenoxy) is 1. The van der Waals surface area contributed by atoms with E-state index in [1.807, 2.05) is 19.1 Å². The maximum Gasteiger partial charge on any atom is 0.311 e. The van der Waals surface area contributed by atoms with Crippen LogP contribution in [0.4, 0.5) is 16.8 Å². The summed E-state index contributed by atoms with van der Waals surface area (Å²) >= 11 is 3.10. The van der Waals surface area contributed by atoms with Crippen molar-refractivity contribution in [2.45, 2.75) is 38.6 Å². The first-order valence-electron chi connectivity index (χ1n) is 11.1. The van der Waals surface area contributed by atoms with Crippen molar-refractivity contribution in [1.29, 1.82) is 0 Å². The van der Waals surface area contributed by atoms with Gasteiger partial charge in [0.25, 0.3) is 0 Å². The van der Waals surface area contributed by atoms with Gasteiger partial charge in [-0.15, -0.1) is 11.3 Å². The van der Waals surface area contributed by atoms with Crippen molar-refractivity contribution < 1.29 is 9.53 Å². The number of aryl methyl sites for hydroxylation is 1. The van der Waals surface area contributed by atoms with Crippen molar-refractivity contribution in [2.75, 3.05) is 37.4 Å². The molecule has 1 aliphatic heterocycles. The highest BCUT2D eigenvalue weighted by Crippen LogP contribution is 2.33. The van der Waals surface area contributed by atoms with Crippen LogP contribution in [0.5, 0.6) is 0 Å². The van der Waals surface area contributed by atoms with Crippen LogP contribution >= 0.6 is 22.9 Å². The fraction of sp³-hybridized carbons (Fsp3) is 0.545. The molecule has 0 spiro atoms. The molecule has 0 unspecified atom stereocenters. The van der Waals surface area contributed by atoms with Crippen molar-refractivity contribution in [1.82, 2.24) is 19.2 Å². The quantitative estimate of drug-likeness (QED) is 0.493. The number of nitrogens with one attached hydrogen (secondary N) is 2. The van der Waals surface area contributed by atoms with Crippen LogP contribution in [-0.4, -0.2) is 58.0 Å². The van der Waals surface area contributed by atoms with E-state index >= 15 is 0 Å². The number of thiophene rings is 1. The second-order valence-corrected chi connectivity index (χ2v) is 10.5. The van der Waals surface area contributed by atoms with E-state index in [9.17, 15) is 4.79 Å².